The number of anilines is 2. The van der Waals surface area contributed by atoms with E-state index in [4.69, 9.17) is 15.6 Å². The maximum atomic E-state index is 11.8. The van der Waals surface area contributed by atoms with Crippen LogP contribution < -0.4 is 22.3 Å². The zero-order valence-corrected chi connectivity index (χ0v) is 12.5. The summed E-state index contributed by atoms with van der Waals surface area (Å²) in [5.74, 6) is 0.328. The number of nitrogens with zero attached hydrogens (tertiary/aromatic N) is 1. The molecule has 0 fully saturated rings. The predicted octanol–water partition coefficient (Wildman–Crippen LogP) is -0.414. The van der Waals surface area contributed by atoms with Crippen LogP contribution in [0.2, 0.25) is 0 Å². The molecule has 1 atom stereocenters. The summed E-state index contributed by atoms with van der Waals surface area (Å²) >= 11 is 0. The summed E-state index contributed by atoms with van der Waals surface area (Å²) in [6.07, 6.45) is 1.63. The van der Waals surface area contributed by atoms with Gasteiger partial charge in [0.15, 0.2) is 0 Å². The molecule has 0 aliphatic heterocycles. The number of H-pyrrole nitrogens is 1. The molecule has 0 aliphatic rings. The Balaban J connectivity index is 2.77. The fourth-order valence-corrected chi connectivity index (χ4v) is 1.92. The number of nitrogen functional groups attached to an aromatic ring is 1. The summed E-state index contributed by atoms with van der Waals surface area (Å²) < 4.78 is 6.18. The fraction of sp³-hybridized carbons (Fsp3) is 0.692. The first-order valence-electron chi connectivity index (χ1n) is 6.97. The second-order valence-corrected chi connectivity index (χ2v) is 5.02. The van der Waals surface area contributed by atoms with Crippen molar-refractivity contribution in [1.29, 1.82) is 0 Å². The Bertz CT molecular complexity index is 552. The third kappa shape index (κ3) is 4.91. The Labute approximate surface area is 122 Å². The summed E-state index contributed by atoms with van der Waals surface area (Å²) in [5.41, 5.74) is 5.00. The Morgan fingerprint density at radius 2 is 2.19 bits per heavy atom. The lowest BCUT2D eigenvalue weighted by Crippen LogP contribution is -2.35. The van der Waals surface area contributed by atoms with Crippen LogP contribution in [0.1, 0.15) is 19.8 Å². The van der Waals surface area contributed by atoms with Gasteiger partial charge in [0, 0.05) is 20.3 Å². The Morgan fingerprint density at radius 1 is 1.48 bits per heavy atom. The number of hydrogen-bond donors (Lipinski definition) is 4. The average molecular weight is 300 g/mol. The molecule has 120 valence electrons. The first-order chi connectivity index (χ1) is 10.0. The van der Waals surface area contributed by atoms with E-state index in [9.17, 15) is 9.59 Å². The molecule has 1 aromatic heterocycles. The minimum Gasteiger partial charge on any atom is -0.396 e. The molecule has 0 aromatic carbocycles. The molecular weight excluding hydrogens is 276 g/mol. The predicted molar refractivity (Wildman–Crippen MR) is 81.6 cm³/mol. The molecule has 1 rings (SSSR count). The molecule has 0 bridgehead atoms. The van der Waals surface area contributed by atoms with Crippen LogP contribution in [-0.4, -0.2) is 41.5 Å². The fourth-order valence-electron chi connectivity index (χ4n) is 1.92. The monoisotopic (exact) mass is 300 g/mol. The van der Waals surface area contributed by atoms with Crippen molar-refractivity contribution >= 4 is 11.5 Å². The molecule has 0 amide bonds. The summed E-state index contributed by atoms with van der Waals surface area (Å²) in [6.45, 7) is 3.23. The lowest BCUT2D eigenvalue weighted by Gasteiger charge is -2.14. The minimum absolute atomic E-state index is 0.107. The maximum absolute atomic E-state index is 11.8. The summed E-state index contributed by atoms with van der Waals surface area (Å²) in [4.78, 5) is 25.7. The van der Waals surface area contributed by atoms with Crippen molar-refractivity contribution in [3.63, 3.8) is 0 Å². The summed E-state index contributed by atoms with van der Waals surface area (Å²) in [7, 11) is 1.52. The number of methoxy groups -OCH3 is 1. The van der Waals surface area contributed by atoms with Crippen LogP contribution >= 0.6 is 0 Å². The minimum atomic E-state index is -0.547. The van der Waals surface area contributed by atoms with E-state index >= 15 is 0 Å². The summed E-state index contributed by atoms with van der Waals surface area (Å²) in [6, 6.07) is 0. The number of nitrogens with one attached hydrogen (secondary N) is 2. The van der Waals surface area contributed by atoms with Crippen molar-refractivity contribution in [2.45, 2.75) is 26.3 Å². The van der Waals surface area contributed by atoms with E-state index in [0.29, 0.717) is 13.2 Å². The van der Waals surface area contributed by atoms with Gasteiger partial charge in [-0.15, -0.1) is 0 Å². The number of hydrogen-bond acceptors (Lipinski definition) is 6. The topological polar surface area (TPSA) is 122 Å². The number of aliphatic hydroxyl groups excluding tert-OH is 1. The molecule has 8 nitrogen and oxygen atoms in total. The van der Waals surface area contributed by atoms with Crippen LogP contribution in [0.4, 0.5) is 11.5 Å². The Morgan fingerprint density at radius 3 is 2.81 bits per heavy atom. The molecule has 1 heterocycles. The highest BCUT2D eigenvalue weighted by Gasteiger charge is 2.11. The first kappa shape index (κ1) is 17.3. The van der Waals surface area contributed by atoms with Gasteiger partial charge in [0.25, 0.3) is 5.56 Å². The van der Waals surface area contributed by atoms with Crippen LogP contribution in [-0.2, 0) is 11.3 Å². The average Bonchev–Trinajstić information content (AvgIpc) is 2.45. The van der Waals surface area contributed by atoms with Crippen LogP contribution in [0.15, 0.2) is 9.59 Å². The smallest absolute Gasteiger partial charge is 0.330 e. The third-order valence-corrected chi connectivity index (χ3v) is 3.25. The molecule has 1 aromatic rings. The van der Waals surface area contributed by atoms with Crippen molar-refractivity contribution in [3.8, 4) is 0 Å². The maximum Gasteiger partial charge on any atom is 0.330 e. The van der Waals surface area contributed by atoms with Gasteiger partial charge in [0.1, 0.15) is 11.5 Å². The van der Waals surface area contributed by atoms with Gasteiger partial charge < -0.3 is 20.9 Å². The van der Waals surface area contributed by atoms with Gasteiger partial charge in [0.2, 0.25) is 0 Å². The number of ether oxygens (including phenoxy) is 1. The lowest BCUT2D eigenvalue weighted by atomic mass is 10.1. The van der Waals surface area contributed by atoms with Gasteiger partial charge in [-0.25, -0.2) is 4.79 Å². The molecule has 5 N–H and O–H groups in total. The second kappa shape index (κ2) is 8.48. The van der Waals surface area contributed by atoms with E-state index in [2.05, 4.69) is 10.3 Å². The molecule has 0 aliphatic carbocycles. The Kier molecular flexibility index (Phi) is 6.97. The molecule has 8 heteroatoms. The van der Waals surface area contributed by atoms with Gasteiger partial charge in [-0.2, -0.15) is 0 Å². The highest BCUT2D eigenvalue weighted by Crippen LogP contribution is 2.11. The number of aliphatic hydroxyl groups is 1. The number of nitrogens with two attached hydrogens (primary N) is 1. The quantitative estimate of drug-likeness (QED) is 0.460. The van der Waals surface area contributed by atoms with Crippen molar-refractivity contribution in [2.24, 2.45) is 5.92 Å². The number of aromatic amines is 1. The van der Waals surface area contributed by atoms with E-state index in [1.807, 2.05) is 6.92 Å². The molecular formula is C13H24N4O4. The number of rotatable bonds is 9. The molecule has 0 radical (unpaired) electrons. The first-order valence-corrected chi connectivity index (χ1v) is 6.97. The van der Waals surface area contributed by atoms with E-state index < -0.39 is 11.2 Å². The normalized spacial score (nSPS) is 12.3. The lowest BCUT2D eigenvalue weighted by molar-refractivity contribution is 0.186. The highest BCUT2D eigenvalue weighted by molar-refractivity contribution is 5.60. The van der Waals surface area contributed by atoms with Crippen molar-refractivity contribution in [1.82, 2.24) is 9.55 Å². The van der Waals surface area contributed by atoms with Gasteiger partial charge >= 0.3 is 5.69 Å². The van der Waals surface area contributed by atoms with Crippen molar-refractivity contribution in [2.75, 3.05) is 37.9 Å². The zero-order chi connectivity index (χ0) is 15.8. The standard InChI is InChI=1S/C13H24N4O4/c1-9(8-18)4-3-5-15-10-11(14)17(6-7-21-2)13(20)16-12(10)19/h9,15,18H,3-8,14H2,1-2H3,(H,16,19,20). The van der Waals surface area contributed by atoms with Crippen LogP contribution in [0.25, 0.3) is 0 Å². The Hall–Kier alpha value is -1.80. The molecule has 21 heavy (non-hydrogen) atoms. The van der Waals surface area contributed by atoms with E-state index in [-0.39, 0.29) is 30.6 Å². The van der Waals surface area contributed by atoms with Crippen LogP contribution in [0, 0.1) is 5.92 Å². The molecule has 0 saturated carbocycles. The van der Waals surface area contributed by atoms with Gasteiger partial charge in [-0.1, -0.05) is 6.92 Å². The number of aromatic nitrogens is 2. The van der Waals surface area contributed by atoms with E-state index in [0.717, 1.165) is 12.8 Å². The van der Waals surface area contributed by atoms with Crippen LogP contribution in [0.5, 0.6) is 0 Å². The van der Waals surface area contributed by atoms with Gasteiger partial charge in [-0.3, -0.25) is 14.3 Å². The van der Waals surface area contributed by atoms with Crippen molar-refractivity contribution in [3.05, 3.63) is 20.8 Å². The van der Waals surface area contributed by atoms with Crippen molar-refractivity contribution < 1.29 is 9.84 Å². The van der Waals surface area contributed by atoms with Crippen LogP contribution in [0.3, 0.4) is 0 Å². The highest BCUT2D eigenvalue weighted by atomic mass is 16.5. The van der Waals surface area contributed by atoms with Gasteiger partial charge in [-0.05, 0) is 18.8 Å². The summed E-state index contributed by atoms with van der Waals surface area (Å²) in [5, 5.41) is 11.9. The molecule has 1 unspecified atom stereocenters. The second-order valence-electron chi connectivity index (χ2n) is 5.02. The van der Waals surface area contributed by atoms with Gasteiger partial charge in [0.05, 0.1) is 13.2 Å². The molecule has 0 spiro atoms. The SMILES string of the molecule is COCCn1c(N)c(NCCCC(C)CO)c(=O)[nH]c1=O. The third-order valence-electron chi connectivity index (χ3n) is 3.25. The largest absolute Gasteiger partial charge is 0.396 e. The van der Waals surface area contributed by atoms with E-state index in [1.54, 1.807) is 0 Å². The molecule has 0 saturated heterocycles. The zero-order valence-electron chi connectivity index (χ0n) is 12.5. The van der Waals surface area contributed by atoms with E-state index in [1.165, 1.54) is 11.7 Å².